The SMILES string of the molecule is Cn1cc(C2C(=O)C(=CC3=[N+](C)c4ccccc4C3(C)C)C2O)c2cc([N+](=O)[O-])ccc21. The second-order valence-electron chi connectivity index (χ2n) is 9.13. The molecule has 2 heterocycles. The highest BCUT2D eigenvalue weighted by Crippen LogP contribution is 2.44. The Kier molecular flexibility index (Phi) is 4.26. The number of carbonyl (C=O) groups is 1. The molecule has 1 N–H and O–H groups in total. The minimum Gasteiger partial charge on any atom is -0.387 e. The summed E-state index contributed by atoms with van der Waals surface area (Å²) in [5, 5.41) is 22.9. The Morgan fingerprint density at radius 3 is 2.59 bits per heavy atom. The molecule has 32 heavy (non-hydrogen) atoms. The number of aliphatic hydroxyl groups is 1. The fraction of sp³-hybridized carbons (Fsp3) is 0.280. The van der Waals surface area contributed by atoms with E-state index in [-0.39, 0.29) is 16.9 Å². The van der Waals surface area contributed by atoms with Gasteiger partial charge >= 0.3 is 0 Å². The number of fused-ring (bicyclic) bond motifs is 2. The van der Waals surface area contributed by atoms with Crippen molar-refractivity contribution in [2.45, 2.75) is 31.3 Å². The van der Waals surface area contributed by atoms with E-state index in [1.54, 1.807) is 12.3 Å². The van der Waals surface area contributed by atoms with Gasteiger partial charge < -0.3 is 9.67 Å². The zero-order valence-electron chi connectivity index (χ0n) is 18.4. The number of nitro groups is 1. The van der Waals surface area contributed by atoms with Crippen LogP contribution in [0.2, 0.25) is 0 Å². The Morgan fingerprint density at radius 2 is 1.94 bits per heavy atom. The molecule has 0 spiro atoms. The fourth-order valence-electron chi connectivity index (χ4n) is 5.20. The highest BCUT2D eigenvalue weighted by atomic mass is 16.6. The lowest BCUT2D eigenvalue weighted by Gasteiger charge is -2.34. The van der Waals surface area contributed by atoms with E-state index in [1.165, 1.54) is 17.7 Å². The van der Waals surface area contributed by atoms with Gasteiger partial charge in [0, 0.05) is 59.6 Å². The number of aromatic nitrogens is 1. The molecule has 0 amide bonds. The van der Waals surface area contributed by atoms with Gasteiger partial charge in [0.25, 0.3) is 5.69 Å². The monoisotopic (exact) mass is 430 g/mol. The molecule has 7 heteroatoms. The van der Waals surface area contributed by atoms with Gasteiger partial charge in [-0.05, 0) is 25.5 Å². The molecule has 5 rings (SSSR count). The smallest absolute Gasteiger partial charge is 0.270 e. The van der Waals surface area contributed by atoms with Crippen LogP contribution in [-0.2, 0) is 17.3 Å². The van der Waals surface area contributed by atoms with Crippen molar-refractivity contribution in [3.63, 3.8) is 0 Å². The molecule has 7 nitrogen and oxygen atoms in total. The van der Waals surface area contributed by atoms with Crippen LogP contribution >= 0.6 is 0 Å². The number of carbonyl (C=O) groups excluding carboxylic acids is 1. The lowest BCUT2D eigenvalue weighted by molar-refractivity contribution is -0.401. The summed E-state index contributed by atoms with van der Waals surface area (Å²) >= 11 is 0. The van der Waals surface area contributed by atoms with Gasteiger partial charge in [0.05, 0.1) is 22.4 Å². The zero-order chi connectivity index (χ0) is 22.9. The average molecular weight is 430 g/mol. The first-order chi connectivity index (χ1) is 15.1. The summed E-state index contributed by atoms with van der Waals surface area (Å²) in [4.78, 5) is 24.0. The van der Waals surface area contributed by atoms with E-state index in [1.807, 2.05) is 42.9 Å². The van der Waals surface area contributed by atoms with E-state index in [0.29, 0.717) is 16.5 Å². The van der Waals surface area contributed by atoms with Crippen molar-refractivity contribution < 1.29 is 19.4 Å². The van der Waals surface area contributed by atoms with Gasteiger partial charge in [0.15, 0.2) is 11.5 Å². The Labute approximate surface area is 185 Å². The van der Waals surface area contributed by atoms with E-state index in [4.69, 9.17) is 0 Å². The number of non-ortho nitro benzene ring substituents is 1. The molecule has 1 aromatic heterocycles. The van der Waals surface area contributed by atoms with Gasteiger partial charge in [-0.1, -0.05) is 18.2 Å². The van der Waals surface area contributed by atoms with E-state index in [2.05, 4.69) is 24.5 Å². The van der Waals surface area contributed by atoms with E-state index >= 15 is 0 Å². The number of allylic oxidation sites excluding steroid dienone is 1. The number of benzene rings is 2. The number of hydrogen-bond donors (Lipinski definition) is 1. The van der Waals surface area contributed by atoms with E-state index in [9.17, 15) is 20.0 Å². The van der Waals surface area contributed by atoms with Crippen LogP contribution in [-0.4, -0.2) is 43.8 Å². The highest BCUT2D eigenvalue weighted by molar-refractivity contribution is 6.16. The summed E-state index contributed by atoms with van der Waals surface area (Å²) in [6.45, 7) is 4.22. The van der Waals surface area contributed by atoms with Gasteiger partial charge in [0.1, 0.15) is 7.05 Å². The second-order valence-corrected chi connectivity index (χ2v) is 9.13. The van der Waals surface area contributed by atoms with Crippen LogP contribution in [0.15, 0.2) is 60.3 Å². The molecule has 1 aliphatic carbocycles. The van der Waals surface area contributed by atoms with Gasteiger partial charge in [-0.3, -0.25) is 14.9 Å². The van der Waals surface area contributed by atoms with Crippen LogP contribution < -0.4 is 0 Å². The van der Waals surface area contributed by atoms with Crippen molar-refractivity contribution in [1.29, 1.82) is 0 Å². The maximum Gasteiger partial charge on any atom is 0.270 e. The van der Waals surface area contributed by atoms with Crippen LogP contribution in [0.4, 0.5) is 11.4 Å². The standard InChI is InChI=1S/C25H24N3O4/c1-25(2)18-7-5-6-8-20(18)27(4)21(25)12-16-23(29)22(24(16)30)17-13-26(3)19-10-9-14(28(31)32)11-15(17)19/h5-13,22-23,29H,1-4H3/q+1. The molecule has 2 aliphatic rings. The number of nitrogens with zero attached hydrogens (tertiary/aromatic N) is 3. The van der Waals surface area contributed by atoms with Crippen molar-refractivity contribution in [3.05, 3.63) is 81.6 Å². The van der Waals surface area contributed by atoms with Crippen LogP contribution in [0, 0.1) is 10.1 Å². The summed E-state index contributed by atoms with van der Waals surface area (Å²) < 4.78 is 3.90. The second kappa shape index (κ2) is 6.71. The number of nitro benzene ring substituents is 1. The van der Waals surface area contributed by atoms with Crippen molar-refractivity contribution in [2.75, 3.05) is 7.05 Å². The summed E-state index contributed by atoms with van der Waals surface area (Å²) in [6.07, 6.45) is 2.63. The number of aliphatic hydroxyl groups excluding tert-OH is 1. The number of aryl methyl sites for hydroxylation is 1. The molecular weight excluding hydrogens is 406 g/mol. The van der Waals surface area contributed by atoms with Crippen LogP contribution in [0.3, 0.4) is 0 Å². The molecule has 1 aliphatic heterocycles. The van der Waals surface area contributed by atoms with Crippen molar-refractivity contribution in [2.24, 2.45) is 7.05 Å². The lowest BCUT2D eigenvalue weighted by Crippen LogP contribution is -2.44. The number of Topliss-reactive ketones (excluding diaryl/α,β-unsaturated/α-hetero) is 1. The highest BCUT2D eigenvalue weighted by Gasteiger charge is 2.49. The first-order valence-electron chi connectivity index (χ1n) is 10.5. The quantitative estimate of drug-likeness (QED) is 0.297. The molecular formula is C25H24N3O4+. The van der Waals surface area contributed by atoms with Crippen LogP contribution in [0.25, 0.3) is 10.9 Å². The maximum absolute atomic E-state index is 13.2. The maximum atomic E-state index is 13.2. The predicted octanol–water partition coefficient (Wildman–Crippen LogP) is 3.75. The zero-order valence-corrected chi connectivity index (χ0v) is 18.4. The first kappa shape index (κ1) is 20.3. The van der Waals surface area contributed by atoms with E-state index < -0.39 is 16.9 Å². The third-order valence-corrected chi connectivity index (χ3v) is 6.98. The Bertz CT molecular complexity index is 1390. The number of hydrogen-bond acceptors (Lipinski definition) is 4. The average Bonchev–Trinajstić information content (AvgIpc) is 3.18. The molecule has 2 atom stereocenters. The fourth-order valence-corrected chi connectivity index (χ4v) is 5.20. The number of ketones is 1. The van der Waals surface area contributed by atoms with Crippen LogP contribution in [0.1, 0.15) is 30.9 Å². The third-order valence-electron chi connectivity index (χ3n) is 6.98. The van der Waals surface area contributed by atoms with Gasteiger partial charge in [-0.25, -0.2) is 0 Å². The number of para-hydroxylation sites is 1. The van der Waals surface area contributed by atoms with Gasteiger partial charge in [-0.15, -0.1) is 0 Å². The summed E-state index contributed by atoms with van der Waals surface area (Å²) in [5.74, 6) is -0.881. The lowest BCUT2D eigenvalue weighted by atomic mass is 9.69. The Morgan fingerprint density at radius 1 is 1.22 bits per heavy atom. The molecule has 1 saturated carbocycles. The topological polar surface area (TPSA) is 88.4 Å². The molecule has 3 aromatic rings. The Balaban J connectivity index is 1.55. The molecule has 162 valence electrons. The third kappa shape index (κ3) is 2.64. The number of rotatable bonds is 3. The first-order valence-corrected chi connectivity index (χ1v) is 10.5. The van der Waals surface area contributed by atoms with Gasteiger partial charge in [-0.2, -0.15) is 4.58 Å². The van der Waals surface area contributed by atoms with Gasteiger partial charge in [0.2, 0.25) is 5.69 Å². The van der Waals surface area contributed by atoms with Crippen molar-refractivity contribution in [1.82, 2.24) is 4.57 Å². The minimum absolute atomic E-state index is 0.0374. The summed E-state index contributed by atoms with van der Waals surface area (Å²) in [6, 6.07) is 12.7. The largest absolute Gasteiger partial charge is 0.387 e. The molecule has 0 bridgehead atoms. The van der Waals surface area contributed by atoms with Crippen molar-refractivity contribution >= 4 is 33.8 Å². The van der Waals surface area contributed by atoms with Crippen molar-refractivity contribution in [3.8, 4) is 0 Å². The molecule has 2 unspecified atom stereocenters. The van der Waals surface area contributed by atoms with Crippen LogP contribution in [0.5, 0.6) is 0 Å². The molecule has 2 aromatic carbocycles. The molecule has 0 saturated heterocycles. The molecule has 0 radical (unpaired) electrons. The molecule has 1 fully saturated rings. The normalized spacial score (nSPS) is 23.0. The Hall–Kier alpha value is -3.58. The summed E-state index contributed by atoms with van der Waals surface area (Å²) in [5.41, 5.74) is 4.65. The van der Waals surface area contributed by atoms with E-state index in [0.717, 1.165) is 16.9 Å². The minimum atomic E-state index is -0.965. The predicted molar refractivity (Wildman–Crippen MR) is 122 cm³/mol. The summed E-state index contributed by atoms with van der Waals surface area (Å²) in [7, 11) is 3.80.